The second-order valence-corrected chi connectivity index (χ2v) is 5.85. The summed E-state index contributed by atoms with van der Waals surface area (Å²) in [5, 5.41) is 11.8. The number of H-pyrrole nitrogens is 1. The molecule has 0 aromatic carbocycles. The Balaban J connectivity index is 1.67. The average Bonchev–Trinajstić information content (AvgIpc) is 3.01. The highest BCUT2D eigenvalue weighted by Crippen LogP contribution is 2.36. The van der Waals surface area contributed by atoms with E-state index in [2.05, 4.69) is 46.0 Å². The third-order valence-electron chi connectivity index (χ3n) is 4.28. The summed E-state index contributed by atoms with van der Waals surface area (Å²) in [6.45, 7) is 5.28. The zero-order valence-corrected chi connectivity index (χ0v) is 11.8. The predicted molar refractivity (Wildman–Crippen MR) is 75.0 cm³/mol. The summed E-state index contributed by atoms with van der Waals surface area (Å²) in [6.07, 6.45) is 7.03. The molecular weight excluding hydrogens is 236 g/mol. The van der Waals surface area contributed by atoms with E-state index >= 15 is 0 Å². The Morgan fingerprint density at radius 1 is 1.37 bits per heavy atom. The van der Waals surface area contributed by atoms with Crippen LogP contribution in [0.25, 0.3) is 0 Å². The number of aromatic nitrogens is 4. The summed E-state index contributed by atoms with van der Waals surface area (Å²) in [5.41, 5.74) is 3.71. The first-order valence-corrected chi connectivity index (χ1v) is 7.22. The van der Waals surface area contributed by atoms with Crippen LogP contribution in [0, 0.1) is 19.8 Å². The number of aryl methyl sites for hydroxylation is 2. The summed E-state index contributed by atoms with van der Waals surface area (Å²) < 4.78 is 2.18. The largest absolute Gasteiger partial charge is 0.282 e. The lowest BCUT2D eigenvalue weighted by atomic mass is 9.80. The minimum Gasteiger partial charge on any atom is -0.282 e. The second kappa shape index (κ2) is 5.19. The van der Waals surface area contributed by atoms with Crippen LogP contribution in [0.5, 0.6) is 0 Å². The van der Waals surface area contributed by atoms with Crippen molar-refractivity contribution in [1.29, 1.82) is 0 Å². The molecule has 0 amide bonds. The van der Waals surface area contributed by atoms with Gasteiger partial charge in [0.2, 0.25) is 0 Å². The van der Waals surface area contributed by atoms with Gasteiger partial charge in [0.25, 0.3) is 0 Å². The number of nitrogens with one attached hydrogen (secondary N) is 1. The van der Waals surface area contributed by atoms with Crippen LogP contribution in [0.15, 0.2) is 18.3 Å². The minimum absolute atomic E-state index is 0.651. The molecule has 0 bridgehead atoms. The SMILES string of the molecule is Cc1cc(C)n(CC2CCCC(c3ccn[nH]3)C2)n1. The van der Waals surface area contributed by atoms with Crippen molar-refractivity contribution in [3.63, 3.8) is 0 Å². The normalized spacial score (nSPS) is 23.7. The van der Waals surface area contributed by atoms with Crippen molar-refractivity contribution in [3.05, 3.63) is 35.4 Å². The lowest BCUT2D eigenvalue weighted by Crippen LogP contribution is -2.20. The molecule has 1 saturated carbocycles. The number of hydrogen-bond acceptors (Lipinski definition) is 2. The standard InChI is InChI=1S/C15H22N4/c1-11-8-12(2)19(18-11)10-13-4-3-5-14(9-13)15-6-7-16-17-15/h6-8,13-14H,3-5,9-10H2,1-2H3,(H,16,17). The summed E-state index contributed by atoms with van der Waals surface area (Å²) in [7, 11) is 0. The number of rotatable bonds is 3. The molecule has 3 rings (SSSR count). The van der Waals surface area contributed by atoms with E-state index in [0.717, 1.165) is 18.2 Å². The van der Waals surface area contributed by atoms with Crippen molar-refractivity contribution in [2.45, 2.75) is 52.0 Å². The van der Waals surface area contributed by atoms with E-state index in [-0.39, 0.29) is 0 Å². The molecule has 2 atom stereocenters. The molecule has 4 nitrogen and oxygen atoms in total. The van der Waals surface area contributed by atoms with E-state index in [0.29, 0.717) is 5.92 Å². The van der Waals surface area contributed by atoms with E-state index in [4.69, 9.17) is 0 Å². The monoisotopic (exact) mass is 258 g/mol. The maximum absolute atomic E-state index is 4.59. The number of aromatic amines is 1. The molecule has 2 aromatic heterocycles. The van der Waals surface area contributed by atoms with E-state index in [1.807, 2.05) is 6.20 Å². The van der Waals surface area contributed by atoms with Crippen molar-refractivity contribution in [2.24, 2.45) is 5.92 Å². The molecular formula is C15H22N4. The van der Waals surface area contributed by atoms with Gasteiger partial charge in [0.1, 0.15) is 0 Å². The fraction of sp³-hybridized carbons (Fsp3) is 0.600. The molecule has 0 radical (unpaired) electrons. The van der Waals surface area contributed by atoms with Crippen molar-refractivity contribution in [1.82, 2.24) is 20.0 Å². The maximum Gasteiger partial charge on any atom is 0.0596 e. The highest BCUT2D eigenvalue weighted by molar-refractivity contribution is 5.08. The Labute approximate surface area is 114 Å². The van der Waals surface area contributed by atoms with Crippen LogP contribution in [-0.2, 0) is 6.54 Å². The van der Waals surface area contributed by atoms with E-state index in [9.17, 15) is 0 Å². The maximum atomic E-state index is 4.59. The minimum atomic E-state index is 0.651. The van der Waals surface area contributed by atoms with Crippen LogP contribution < -0.4 is 0 Å². The lowest BCUT2D eigenvalue weighted by molar-refractivity contribution is 0.276. The van der Waals surface area contributed by atoms with Crippen LogP contribution in [0.1, 0.15) is 48.7 Å². The van der Waals surface area contributed by atoms with Crippen LogP contribution in [-0.4, -0.2) is 20.0 Å². The van der Waals surface area contributed by atoms with Crippen molar-refractivity contribution >= 4 is 0 Å². The molecule has 0 spiro atoms. The Morgan fingerprint density at radius 2 is 2.26 bits per heavy atom. The van der Waals surface area contributed by atoms with Crippen LogP contribution in [0.3, 0.4) is 0 Å². The molecule has 1 N–H and O–H groups in total. The van der Waals surface area contributed by atoms with Crippen molar-refractivity contribution in [3.8, 4) is 0 Å². The van der Waals surface area contributed by atoms with Crippen LogP contribution in [0.4, 0.5) is 0 Å². The third kappa shape index (κ3) is 2.72. The van der Waals surface area contributed by atoms with E-state index in [1.165, 1.54) is 37.1 Å². The van der Waals surface area contributed by atoms with Crippen molar-refractivity contribution < 1.29 is 0 Å². The third-order valence-corrected chi connectivity index (χ3v) is 4.28. The smallest absolute Gasteiger partial charge is 0.0596 e. The molecule has 1 fully saturated rings. The summed E-state index contributed by atoms with van der Waals surface area (Å²) in [4.78, 5) is 0. The fourth-order valence-corrected chi connectivity index (χ4v) is 3.34. The summed E-state index contributed by atoms with van der Waals surface area (Å²) >= 11 is 0. The molecule has 2 heterocycles. The van der Waals surface area contributed by atoms with Gasteiger partial charge in [-0.25, -0.2) is 0 Å². The van der Waals surface area contributed by atoms with Gasteiger partial charge in [0, 0.05) is 30.0 Å². The number of hydrogen-bond donors (Lipinski definition) is 1. The zero-order valence-electron chi connectivity index (χ0n) is 11.8. The van der Waals surface area contributed by atoms with Crippen LogP contribution in [0.2, 0.25) is 0 Å². The zero-order chi connectivity index (χ0) is 13.2. The quantitative estimate of drug-likeness (QED) is 0.919. The van der Waals surface area contributed by atoms with E-state index < -0.39 is 0 Å². The van der Waals surface area contributed by atoms with Gasteiger partial charge < -0.3 is 0 Å². The van der Waals surface area contributed by atoms with Gasteiger partial charge in [-0.1, -0.05) is 6.42 Å². The molecule has 102 valence electrons. The molecule has 2 unspecified atom stereocenters. The molecule has 0 aliphatic heterocycles. The first-order valence-electron chi connectivity index (χ1n) is 7.22. The molecule has 2 aromatic rings. The highest BCUT2D eigenvalue weighted by atomic mass is 15.3. The predicted octanol–water partition coefficient (Wildman–Crippen LogP) is 3.20. The second-order valence-electron chi connectivity index (χ2n) is 5.85. The van der Waals surface area contributed by atoms with Gasteiger partial charge in [0.15, 0.2) is 0 Å². The van der Waals surface area contributed by atoms with Gasteiger partial charge in [-0.05, 0) is 51.2 Å². The molecule has 19 heavy (non-hydrogen) atoms. The molecule has 1 aliphatic rings. The van der Waals surface area contributed by atoms with Crippen LogP contribution >= 0.6 is 0 Å². The van der Waals surface area contributed by atoms with Crippen molar-refractivity contribution in [2.75, 3.05) is 0 Å². The van der Waals surface area contributed by atoms with Gasteiger partial charge in [0.05, 0.1) is 5.69 Å². The first kappa shape index (κ1) is 12.5. The molecule has 4 heteroatoms. The Morgan fingerprint density at radius 3 is 2.95 bits per heavy atom. The van der Waals surface area contributed by atoms with E-state index in [1.54, 1.807) is 0 Å². The average molecular weight is 258 g/mol. The summed E-state index contributed by atoms with van der Waals surface area (Å²) in [5.74, 6) is 1.39. The Hall–Kier alpha value is -1.58. The van der Waals surface area contributed by atoms with Gasteiger partial charge in [-0.3, -0.25) is 9.78 Å². The fourth-order valence-electron chi connectivity index (χ4n) is 3.34. The highest BCUT2D eigenvalue weighted by Gasteiger charge is 2.24. The first-order chi connectivity index (χ1) is 9.22. The Bertz CT molecular complexity index is 526. The topological polar surface area (TPSA) is 46.5 Å². The Kier molecular flexibility index (Phi) is 3.40. The molecule has 1 aliphatic carbocycles. The lowest BCUT2D eigenvalue weighted by Gasteiger charge is -2.28. The van der Waals surface area contributed by atoms with Gasteiger partial charge >= 0.3 is 0 Å². The van der Waals surface area contributed by atoms with Gasteiger partial charge in [-0.2, -0.15) is 10.2 Å². The molecule has 0 saturated heterocycles. The van der Waals surface area contributed by atoms with Gasteiger partial charge in [-0.15, -0.1) is 0 Å². The number of nitrogens with zero attached hydrogens (tertiary/aromatic N) is 3. The summed E-state index contributed by atoms with van der Waals surface area (Å²) in [6, 6.07) is 4.28.